The molecule has 1 N–H and O–H groups in total. The second-order valence-electron chi connectivity index (χ2n) is 4.10. The van der Waals surface area contributed by atoms with E-state index in [-0.39, 0.29) is 0 Å². The fraction of sp³-hybridized carbons (Fsp3) is 0.500. The molecule has 1 aromatic rings. The predicted molar refractivity (Wildman–Crippen MR) is 65.0 cm³/mol. The van der Waals surface area contributed by atoms with Crippen LogP contribution in [0, 0.1) is 0 Å². The van der Waals surface area contributed by atoms with Gasteiger partial charge in [0, 0.05) is 18.0 Å². The van der Waals surface area contributed by atoms with Crippen molar-refractivity contribution in [3.05, 3.63) is 23.8 Å². The number of hydrogen-bond acceptors (Lipinski definition) is 3. The number of nitrogens with one attached hydrogen (secondary N) is 1. The topological polar surface area (TPSA) is 21.3 Å². The average molecular weight is 221 g/mol. The highest BCUT2D eigenvalue weighted by atomic mass is 32.2. The second kappa shape index (κ2) is 3.97. The highest BCUT2D eigenvalue weighted by molar-refractivity contribution is 7.99. The van der Waals surface area contributed by atoms with Crippen LogP contribution in [0.1, 0.15) is 12.0 Å². The molecule has 0 saturated carbocycles. The van der Waals surface area contributed by atoms with Crippen LogP contribution in [0.4, 0.5) is 5.69 Å². The van der Waals surface area contributed by atoms with E-state index in [9.17, 15) is 0 Å². The monoisotopic (exact) mass is 221 g/mol. The second-order valence-corrected chi connectivity index (χ2v) is 5.25. The molecule has 3 rings (SSSR count). The molecular formula is C12H15NOS. The van der Waals surface area contributed by atoms with Gasteiger partial charge in [0.1, 0.15) is 11.9 Å². The van der Waals surface area contributed by atoms with Gasteiger partial charge in [0.05, 0.1) is 0 Å². The lowest BCUT2D eigenvalue weighted by atomic mass is 10.1. The first kappa shape index (κ1) is 9.40. The van der Waals surface area contributed by atoms with Crippen LogP contribution in [-0.4, -0.2) is 24.2 Å². The van der Waals surface area contributed by atoms with E-state index in [0.717, 1.165) is 24.5 Å². The largest absolute Gasteiger partial charge is 0.490 e. The SMILES string of the molecule is c1cc2c(cc1OC1CCSC1)CCN2. The number of hydrogen-bond donors (Lipinski definition) is 1. The Kier molecular flexibility index (Phi) is 2.49. The zero-order valence-electron chi connectivity index (χ0n) is 8.66. The minimum Gasteiger partial charge on any atom is -0.490 e. The van der Waals surface area contributed by atoms with E-state index in [2.05, 4.69) is 23.5 Å². The van der Waals surface area contributed by atoms with Gasteiger partial charge in [-0.3, -0.25) is 0 Å². The van der Waals surface area contributed by atoms with Crippen LogP contribution in [0.5, 0.6) is 5.75 Å². The van der Waals surface area contributed by atoms with Crippen LogP contribution < -0.4 is 10.1 Å². The van der Waals surface area contributed by atoms with E-state index in [1.807, 2.05) is 11.8 Å². The third-order valence-corrected chi connectivity index (χ3v) is 4.11. The first-order valence-corrected chi connectivity index (χ1v) is 6.68. The van der Waals surface area contributed by atoms with Crippen molar-refractivity contribution in [2.75, 3.05) is 23.4 Å². The number of anilines is 1. The van der Waals surface area contributed by atoms with Crippen LogP contribution in [0.3, 0.4) is 0 Å². The van der Waals surface area contributed by atoms with Gasteiger partial charge in [-0.2, -0.15) is 11.8 Å². The Labute approximate surface area is 94.4 Å². The molecule has 1 saturated heterocycles. The minimum absolute atomic E-state index is 0.433. The first-order chi connectivity index (χ1) is 7.42. The zero-order valence-corrected chi connectivity index (χ0v) is 9.48. The van der Waals surface area contributed by atoms with Crippen molar-refractivity contribution in [1.29, 1.82) is 0 Å². The fourth-order valence-electron chi connectivity index (χ4n) is 2.15. The Morgan fingerprint density at radius 2 is 2.40 bits per heavy atom. The molecule has 0 aliphatic carbocycles. The molecule has 2 aliphatic rings. The molecule has 0 aromatic heterocycles. The van der Waals surface area contributed by atoms with E-state index in [1.54, 1.807) is 0 Å². The van der Waals surface area contributed by atoms with Crippen LogP contribution >= 0.6 is 11.8 Å². The molecule has 1 fully saturated rings. The molecule has 0 radical (unpaired) electrons. The predicted octanol–water partition coefficient (Wildman–Crippen LogP) is 2.54. The van der Waals surface area contributed by atoms with Crippen molar-refractivity contribution < 1.29 is 4.74 Å². The molecule has 1 atom stereocenters. The van der Waals surface area contributed by atoms with Crippen LogP contribution in [0.15, 0.2) is 18.2 Å². The van der Waals surface area contributed by atoms with Crippen LogP contribution in [-0.2, 0) is 6.42 Å². The third kappa shape index (κ3) is 1.93. The third-order valence-electron chi connectivity index (χ3n) is 2.98. The summed E-state index contributed by atoms with van der Waals surface area (Å²) in [5.41, 5.74) is 2.68. The fourth-order valence-corrected chi connectivity index (χ4v) is 3.25. The molecule has 3 heteroatoms. The molecule has 2 heterocycles. The van der Waals surface area contributed by atoms with E-state index >= 15 is 0 Å². The molecule has 2 nitrogen and oxygen atoms in total. The van der Waals surface area contributed by atoms with Crippen LogP contribution in [0.25, 0.3) is 0 Å². The van der Waals surface area contributed by atoms with E-state index in [1.165, 1.54) is 23.4 Å². The Morgan fingerprint density at radius 1 is 1.40 bits per heavy atom. The molecule has 0 bridgehead atoms. The standard InChI is InChI=1S/C12H15NOS/c1-2-12-9(3-5-13-12)7-10(1)14-11-4-6-15-8-11/h1-2,7,11,13H,3-6,8H2. The maximum Gasteiger partial charge on any atom is 0.120 e. The Hall–Kier alpha value is -0.830. The summed E-state index contributed by atoms with van der Waals surface area (Å²) in [6.45, 7) is 1.07. The van der Waals surface area contributed by atoms with Gasteiger partial charge in [0.25, 0.3) is 0 Å². The molecule has 0 spiro atoms. The van der Waals surface area contributed by atoms with Crippen molar-refractivity contribution in [3.8, 4) is 5.75 Å². The number of fused-ring (bicyclic) bond motifs is 1. The normalized spacial score (nSPS) is 23.6. The number of thioether (sulfide) groups is 1. The van der Waals surface area contributed by atoms with Gasteiger partial charge in [0.15, 0.2) is 0 Å². The number of ether oxygens (including phenoxy) is 1. The summed E-state index contributed by atoms with van der Waals surface area (Å²) in [7, 11) is 0. The molecule has 0 amide bonds. The maximum atomic E-state index is 5.95. The molecule has 15 heavy (non-hydrogen) atoms. The van der Waals surface area contributed by atoms with Gasteiger partial charge in [-0.15, -0.1) is 0 Å². The summed E-state index contributed by atoms with van der Waals surface area (Å²) < 4.78 is 5.95. The Bertz CT molecular complexity index is 361. The molecule has 1 aromatic carbocycles. The smallest absolute Gasteiger partial charge is 0.120 e. The zero-order chi connectivity index (χ0) is 10.1. The molecule has 2 aliphatic heterocycles. The minimum atomic E-state index is 0.433. The number of benzene rings is 1. The van der Waals surface area contributed by atoms with Gasteiger partial charge in [-0.1, -0.05) is 0 Å². The summed E-state index contributed by atoms with van der Waals surface area (Å²) in [4.78, 5) is 0. The van der Waals surface area contributed by atoms with Gasteiger partial charge in [-0.05, 0) is 42.4 Å². The van der Waals surface area contributed by atoms with Gasteiger partial charge >= 0.3 is 0 Å². The number of rotatable bonds is 2. The summed E-state index contributed by atoms with van der Waals surface area (Å²) >= 11 is 1.99. The first-order valence-electron chi connectivity index (χ1n) is 5.53. The quantitative estimate of drug-likeness (QED) is 0.829. The van der Waals surface area contributed by atoms with E-state index in [0.29, 0.717) is 6.10 Å². The van der Waals surface area contributed by atoms with Gasteiger partial charge < -0.3 is 10.1 Å². The Morgan fingerprint density at radius 3 is 3.27 bits per heavy atom. The summed E-state index contributed by atoms with van der Waals surface area (Å²) in [6.07, 6.45) is 2.76. The lowest BCUT2D eigenvalue weighted by molar-refractivity contribution is 0.229. The lowest BCUT2D eigenvalue weighted by Crippen LogP contribution is -2.14. The lowest BCUT2D eigenvalue weighted by Gasteiger charge is -2.13. The van der Waals surface area contributed by atoms with Crippen molar-refractivity contribution in [1.82, 2.24) is 0 Å². The van der Waals surface area contributed by atoms with E-state index in [4.69, 9.17) is 4.74 Å². The summed E-state index contributed by atoms with van der Waals surface area (Å²) in [5, 5.41) is 3.36. The molecule has 1 unspecified atom stereocenters. The summed E-state index contributed by atoms with van der Waals surface area (Å²) in [6, 6.07) is 6.41. The van der Waals surface area contributed by atoms with Gasteiger partial charge in [-0.25, -0.2) is 0 Å². The Balaban J connectivity index is 1.75. The van der Waals surface area contributed by atoms with Crippen molar-refractivity contribution >= 4 is 17.4 Å². The average Bonchev–Trinajstić information content (AvgIpc) is 2.87. The van der Waals surface area contributed by atoms with Gasteiger partial charge in [0.2, 0.25) is 0 Å². The van der Waals surface area contributed by atoms with Crippen molar-refractivity contribution in [2.24, 2.45) is 0 Å². The maximum absolute atomic E-state index is 5.95. The summed E-state index contributed by atoms with van der Waals surface area (Å²) in [5.74, 6) is 3.44. The highest BCUT2D eigenvalue weighted by Crippen LogP contribution is 2.29. The van der Waals surface area contributed by atoms with E-state index < -0.39 is 0 Å². The molecule has 80 valence electrons. The van der Waals surface area contributed by atoms with Crippen molar-refractivity contribution in [3.63, 3.8) is 0 Å². The van der Waals surface area contributed by atoms with Crippen LogP contribution in [0.2, 0.25) is 0 Å². The highest BCUT2D eigenvalue weighted by Gasteiger charge is 2.18. The molecular weight excluding hydrogens is 206 g/mol. The van der Waals surface area contributed by atoms with Crippen molar-refractivity contribution in [2.45, 2.75) is 18.9 Å².